The third-order valence-corrected chi connectivity index (χ3v) is 5.83. The van der Waals surface area contributed by atoms with Gasteiger partial charge in [0.15, 0.2) is 0 Å². The highest BCUT2D eigenvalue weighted by Gasteiger charge is 2.13. The van der Waals surface area contributed by atoms with Crippen molar-refractivity contribution in [2.45, 2.75) is 65.2 Å². The smallest absolute Gasteiger partial charge is 0.119 e. The Bertz CT molecular complexity index is 910. The van der Waals surface area contributed by atoms with Gasteiger partial charge < -0.3 is 5.11 Å². The predicted molar refractivity (Wildman–Crippen MR) is 124 cm³/mol. The number of aromatic hydroxyl groups is 1. The number of phenols is 1. The van der Waals surface area contributed by atoms with Crippen LogP contribution in [-0.2, 0) is 25.7 Å². The number of unbranched alkanes of at least 4 members (excludes halogenated alkanes) is 2. The molecule has 0 bridgehead atoms. The van der Waals surface area contributed by atoms with E-state index in [4.69, 9.17) is 0 Å². The average Bonchev–Trinajstić information content (AvgIpc) is 2.75. The second kappa shape index (κ2) is 10.9. The van der Waals surface area contributed by atoms with Crippen LogP contribution in [0.1, 0.15) is 72.9 Å². The van der Waals surface area contributed by atoms with Crippen LogP contribution in [0.5, 0.6) is 5.75 Å². The van der Waals surface area contributed by atoms with Crippen LogP contribution in [0.15, 0.2) is 66.7 Å². The molecule has 0 heterocycles. The Morgan fingerprint density at radius 2 is 1.03 bits per heavy atom. The zero-order chi connectivity index (χ0) is 20.5. The lowest BCUT2D eigenvalue weighted by Crippen LogP contribution is -2.02. The van der Waals surface area contributed by atoms with Crippen molar-refractivity contribution in [3.05, 3.63) is 100 Å². The largest absolute Gasteiger partial charge is 0.508 e. The van der Waals surface area contributed by atoms with E-state index in [2.05, 4.69) is 68.4 Å². The summed E-state index contributed by atoms with van der Waals surface area (Å²) in [6.07, 6.45) is 8.73. The molecule has 3 aromatic carbocycles. The molecule has 0 amide bonds. The maximum absolute atomic E-state index is 10.7. The molecule has 0 spiro atoms. The number of phenolic OH excluding ortho intramolecular Hbond substituents is 1. The van der Waals surface area contributed by atoms with E-state index in [-0.39, 0.29) is 0 Å². The van der Waals surface area contributed by atoms with Crippen LogP contribution in [0.25, 0.3) is 0 Å². The first kappa shape index (κ1) is 21.2. The average molecular weight is 387 g/mol. The standard InChI is InChI=1S/C28H34O/c1-3-5-12-22-14-7-9-16-24(22)20-26-18-11-19-28(29)27(26)21-25-17-10-8-15-23(25)13-6-4-2/h7-11,14-19,29H,3-6,12-13,20-21H2,1-2H3. The van der Waals surface area contributed by atoms with Crippen molar-refractivity contribution in [3.8, 4) is 5.75 Å². The van der Waals surface area contributed by atoms with Crippen molar-refractivity contribution in [2.75, 3.05) is 0 Å². The fourth-order valence-corrected chi connectivity index (χ4v) is 4.07. The fraction of sp³-hybridized carbons (Fsp3) is 0.357. The van der Waals surface area contributed by atoms with Gasteiger partial charge in [-0.1, -0.05) is 87.4 Å². The van der Waals surface area contributed by atoms with Crippen molar-refractivity contribution >= 4 is 0 Å². The molecule has 3 rings (SSSR count). The molecule has 29 heavy (non-hydrogen) atoms. The molecular formula is C28H34O. The van der Waals surface area contributed by atoms with Gasteiger partial charge in [-0.05, 0) is 66.0 Å². The summed E-state index contributed by atoms with van der Waals surface area (Å²) in [6.45, 7) is 4.48. The number of rotatable bonds is 10. The van der Waals surface area contributed by atoms with Crippen LogP contribution in [-0.4, -0.2) is 5.11 Å². The van der Waals surface area contributed by atoms with Crippen LogP contribution >= 0.6 is 0 Å². The molecule has 1 nitrogen and oxygen atoms in total. The minimum absolute atomic E-state index is 0.416. The van der Waals surface area contributed by atoms with Crippen molar-refractivity contribution in [2.24, 2.45) is 0 Å². The van der Waals surface area contributed by atoms with Gasteiger partial charge in [-0.25, -0.2) is 0 Å². The lowest BCUT2D eigenvalue weighted by Gasteiger charge is -2.16. The Kier molecular flexibility index (Phi) is 7.93. The summed E-state index contributed by atoms with van der Waals surface area (Å²) in [5.74, 6) is 0.416. The highest BCUT2D eigenvalue weighted by atomic mass is 16.3. The Balaban J connectivity index is 1.90. The summed E-state index contributed by atoms with van der Waals surface area (Å²) < 4.78 is 0. The summed E-state index contributed by atoms with van der Waals surface area (Å²) >= 11 is 0. The molecule has 0 atom stereocenters. The van der Waals surface area contributed by atoms with Crippen molar-refractivity contribution in [1.82, 2.24) is 0 Å². The van der Waals surface area contributed by atoms with E-state index in [1.165, 1.54) is 53.5 Å². The van der Waals surface area contributed by atoms with Crippen LogP contribution < -0.4 is 0 Å². The summed E-state index contributed by atoms with van der Waals surface area (Å²) in [7, 11) is 0. The summed E-state index contributed by atoms with van der Waals surface area (Å²) in [5, 5.41) is 10.7. The van der Waals surface area contributed by atoms with Crippen molar-refractivity contribution < 1.29 is 5.11 Å². The number of hydrogen-bond donors (Lipinski definition) is 1. The molecule has 152 valence electrons. The Labute approximate surface area is 176 Å². The van der Waals surface area contributed by atoms with Crippen LogP contribution in [0.4, 0.5) is 0 Å². The van der Waals surface area contributed by atoms with Gasteiger partial charge in [-0.3, -0.25) is 0 Å². The monoisotopic (exact) mass is 386 g/mol. The van der Waals surface area contributed by atoms with E-state index in [0.29, 0.717) is 5.75 Å². The molecule has 0 aromatic heterocycles. The van der Waals surface area contributed by atoms with Gasteiger partial charge in [0.05, 0.1) is 0 Å². The SMILES string of the molecule is CCCCc1ccccc1Cc1cccc(O)c1Cc1ccccc1CCCC. The number of hydrogen-bond acceptors (Lipinski definition) is 1. The van der Waals surface area contributed by atoms with Gasteiger partial charge in [0.25, 0.3) is 0 Å². The first-order valence-corrected chi connectivity index (χ1v) is 11.2. The molecule has 0 aliphatic heterocycles. The summed E-state index contributed by atoms with van der Waals surface area (Å²) in [4.78, 5) is 0. The molecule has 0 aliphatic carbocycles. The number of aryl methyl sites for hydroxylation is 2. The minimum atomic E-state index is 0.416. The Hall–Kier alpha value is -2.54. The maximum Gasteiger partial charge on any atom is 0.119 e. The normalized spacial score (nSPS) is 11.0. The van der Waals surface area contributed by atoms with E-state index in [1.54, 1.807) is 0 Å². The molecule has 3 aromatic rings. The van der Waals surface area contributed by atoms with E-state index >= 15 is 0 Å². The zero-order valence-corrected chi connectivity index (χ0v) is 18.0. The van der Waals surface area contributed by atoms with E-state index in [1.807, 2.05) is 12.1 Å². The molecule has 0 fully saturated rings. The Morgan fingerprint density at radius 1 is 0.552 bits per heavy atom. The first-order valence-electron chi connectivity index (χ1n) is 11.2. The topological polar surface area (TPSA) is 20.2 Å². The molecular weight excluding hydrogens is 352 g/mol. The molecule has 1 N–H and O–H groups in total. The van der Waals surface area contributed by atoms with E-state index in [9.17, 15) is 5.11 Å². The van der Waals surface area contributed by atoms with E-state index < -0.39 is 0 Å². The second-order valence-corrected chi connectivity index (χ2v) is 8.01. The fourth-order valence-electron chi connectivity index (χ4n) is 4.07. The molecule has 0 saturated heterocycles. The molecule has 0 saturated carbocycles. The molecule has 0 aliphatic rings. The highest BCUT2D eigenvalue weighted by Crippen LogP contribution is 2.29. The van der Waals surface area contributed by atoms with Gasteiger partial charge in [-0.2, -0.15) is 0 Å². The van der Waals surface area contributed by atoms with Gasteiger partial charge in [0.1, 0.15) is 5.75 Å². The third-order valence-electron chi connectivity index (χ3n) is 5.83. The summed E-state index contributed by atoms with van der Waals surface area (Å²) in [5.41, 5.74) is 7.87. The Morgan fingerprint density at radius 3 is 1.59 bits per heavy atom. The van der Waals surface area contributed by atoms with Crippen molar-refractivity contribution in [1.29, 1.82) is 0 Å². The molecule has 1 heteroatoms. The van der Waals surface area contributed by atoms with Gasteiger partial charge in [0, 0.05) is 12.0 Å². The summed E-state index contributed by atoms with van der Waals surface area (Å²) in [6, 6.07) is 23.5. The predicted octanol–water partition coefficient (Wildman–Crippen LogP) is 7.26. The van der Waals surface area contributed by atoms with Gasteiger partial charge >= 0.3 is 0 Å². The highest BCUT2D eigenvalue weighted by molar-refractivity contribution is 5.47. The van der Waals surface area contributed by atoms with Crippen LogP contribution in [0.3, 0.4) is 0 Å². The van der Waals surface area contributed by atoms with Crippen LogP contribution in [0, 0.1) is 0 Å². The molecule has 0 radical (unpaired) electrons. The minimum Gasteiger partial charge on any atom is -0.508 e. The van der Waals surface area contributed by atoms with E-state index in [0.717, 1.165) is 31.2 Å². The van der Waals surface area contributed by atoms with Crippen molar-refractivity contribution in [3.63, 3.8) is 0 Å². The maximum atomic E-state index is 10.7. The lowest BCUT2D eigenvalue weighted by molar-refractivity contribution is 0.468. The number of benzene rings is 3. The van der Waals surface area contributed by atoms with Gasteiger partial charge in [0.2, 0.25) is 0 Å². The third kappa shape index (κ3) is 5.73. The first-order chi connectivity index (χ1) is 14.2. The van der Waals surface area contributed by atoms with Crippen LogP contribution in [0.2, 0.25) is 0 Å². The second-order valence-electron chi connectivity index (χ2n) is 8.01. The molecule has 0 unspecified atom stereocenters. The van der Waals surface area contributed by atoms with Gasteiger partial charge in [-0.15, -0.1) is 0 Å². The quantitative estimate of drug-likeness (QED) is 0.389. The lowest BCUT2D eigenvalue weighted by atomic mass is 9.90. The zero-order valence-electron chi connectivity index (χ0n) is 18.0.